The maximum atomic E-state index is 12.2. The van der Waals surface area contributed by atoms with Crippen molar-refractivity contribution in [2.75, 3.05) is 41.7 Å². The van der Waals surface area contributed by atoms with Gasteiger partial charge in [-0.3, -0.25) is 9.69 Å². The van der Waals surface area contributed by atoms with Crippen molar-refractivity contribution in [1.29, 1.82) is 0 Å². The fourth-order valence-electron chi connectivity index (χ4n) is 3.70. The lowest BCUT2D eigenvalue weighted by atomic mass is 10.1. The number of anilines is 3. The minimum atomic E-state index is -0.0663. The largest absolute Gasteiger partial charge is 0.369 e. The third kappa shape index (κ3) is 3.69. The highest BCUT2D eigenvalue weighted by Crippen LogP contribution is 2.31. The topological polar surface area (TPSA) is 47.6 Å². The minimum Gasteiger partial charge on any atom is -0.369 e. The van der Waals surface area contributed by atoms with Crippen LogP contribution in [0.1, 0.15) is 19.4 Å². The van der Waals surface area contributed by atoms with Gasteiger partial charge in [-0.15, -0.1) is 0 Å². The van der Waals surface area contributed by atoms with Crippen LogP contribution >= 0.6 is 0 Å². The molecule has 2 aromatic rings. The van der Waals surface area contributed by atoms with E-state index in [1.807, 2.05) is 24.3 Å². The van der Waals surface area contributed by atoms with Crippen LogP contribution in [0, 0.1) is 0 Å². The van der Waals surface area contributed by atoms with Gasteiger partial charge in [0, 0.05) is 61.0 Å². The molecular formula is C22H26N4O. The summed E-state index contributed by atoms with van der Waals surface area (Å²) in [6.45, 7) is 8.86. The summed E-state index contributed by atoms with van der Waals surface area (Å²) in [6, 6.07) is 16.8. The molecule has 5 heteroatoms. The van der Waals surface area contributed by atoms with Gasteiger partial charge in [0.1, 0.15) is 0 Å². The number of carbonyl (C=O) groups excluding carboxylic acids is 1. The summed E-state index contributed by atoms with van der Waals surface area (Å²) < 4.78 is 0. The second kappa shape index (κ2) is 7.45. The zero-order chi connectivity index (χ0) is 18.8. The van der Waals surface area contributed by atoms with Gasteiger partial charge in [0.25, 0.3) is 5.91 Å². The molecule has 0 unspecified atom stereocenters. The van der Waals surface area contributed by atoms with E-state index < -0.39 is 0 Å². The van der Waals surface area contributed by atoms with Crippen LogP contribution in [0.25, 0.3) is 5.57 Å². The molecule has 0 radical (unpaired) electrons. The Morgan fingerprint density at radius 1 is 1.00 bits per heavy atom. The van der Waals surface area contributed by atoms with Crippen LogP contribution < -0.4 is 15.5 Å². The molecule has 2 heterocycles. The predicted molar refractivity (Wildman–Crippen MR) is 112 cm³/mol. The van der Waals surface area contributed by atoms with E-state index in [1.54, 1.807) is 6.20 Å². The van der Waals surface area contributed by atoms with Crippen molar-refractivity contribution >= 4 is 28.5 Å². The molecule has 0 bridgehead atoms. The lowest BCUT2D eigenvalue weighted by Gasteiger charge is -2.38. The molecule has 1 saturated heterocycles. The summed E-state index contributed by atoms with van der Waals surface area (Å²) in [6.07, 6.45) is 1.79. The molecule has 0 atom stereocenters. The van der Waals surface area contributed by atoms with Crippen LogP contribution in [0.3, 0.4) is 0 Å². The van der Waals surface area contributed by atoms with Gasteiger partial charge in [-0.05, 0) is 44.2 Å². The van der Waals surface area contributed by atoms with E-state index in [9.17, 15) is 4.79 Å². The molecule has 5 nitrogen and oxygen atoms in total. The first-order chi connectivity index (χ1) is 13.1. The van der Waals surface area contributed by atoms with E-state index >= 15 is 0 Å². The van der Waals surface area contributed by atoms with Crippen molar-refractivity contribution in [3.05, 3.63) is 60.3 Å². The molecule has 2 aliphatic heterocycles. The van der Waals surface area contributed by atoms with Crippen molar-refractivity contribution in [3.8, 4) is 0 Å². The van der Waals surface area contributed by atoms with Gasteiger partial charge in [-0.1, -0.05) is 18.2 Å². The molecule has 0 spiro atoms. The first-order valence-corrected chi connectivity index (χ1v) is 9.58. The van der Waals surface area contributed by atoms with Crippen LogP contribution in [0.5, 0.6) is 0 Å². The lowest BCUT2D eigenvalue weighted by molar-refractivity contribution is -0.110. The van der Waals surface area contributed by atoms with Crippen LogP contribution in [-0.4, -0.2) is 43.0 Å². The number of para-hydroxylation sites is 1. The standard InChI is InChI=1S/C22H26N4O/c1-16(2)25-11-13-26(14-12-25)18-9-7-17(8-10-18)23-15-20-19-5-3-4-6-21(19)24-22(20)27/h3-10,15-16,23H,11-14H2,1-2H3,(H,24,27)/b20-15+. The van der Waals surface area contributed by atoms with Crippen molar-refractivity contribution < 1.29 is 4.79 Å². The quantitative estimate of drug-likeness (QED) is 0.816. The Morgan fingerprint density at radius 3 is 2.41 bits per heavy atom. The number of fused-ring (bicyclic) bond motifs is 1. The van der Waals surface area contributed by atoms with E-state index in [2.05, 4.69) is 58.5 Å². The van der Waals surface area contributed by atoms with Gasteiger partial charge in [0.2, 0.25) is 0 Å². The van der Waals surface area contributed by atoms with Crippen LogP contribution in [0.2, 0.25) is 0 Å². The summed E-state index contributed by atoms with van der Waals surface area (Å²) in [5.41, 5.74) is 4.70. The molecule has 2 aliphatic rings. The van der Waals surface area contributed by atoms with Gasteiger partial charge >= 0.3 is 0 Å². The second-order valence-electron chi connectivity index (χ2n) is 7.37. The molecule has 27 heavy (non-hydrogen) atoms. The highest BCUT2D eigenvalue weighted by atomic mass is 16.2. The number of amides is 1. The van der Waals surface area contributed by atoms with Crippen molar-refractivity contribution in [1.82, 2.24) is 4.90 Å². The Bertz CT molecular complexity index is 849. The van der Waals surface area contributed by atoms with E-state index in [0.717, 1.165) is 43.1 Å². The van der Waals surface area contributed by atoms with Gasteiger partial charge in [-0.2, -0.15) is 0 Å². The minimum absolute atomic E-state index is 0.0663. The highest BCUT2D eigenvalue weighted by molar-refractivity contribution is 6.31. The van der Waals surface area contributed by atoms with Gasteiger partial charge in [0.15, 0.2) is 0 Å². The molecule has 0 aliphatic carbocycles. The zero-order valence-corrected chi connectivity index (χ0v) is 15.9. The summed E-state index contributed by atoms with van der Waals surface area (Å²) in [5.74, 6) is -0.0663. The van der Waals surface area contributed by atoms with E-state index in [1.165, 1.54) is 5.69 Å². The van der Waals surface area contributed by atoms with Gasteiger partial charge in [-0.25, -0.2) is 0 Å². The summed E-state index contributed by atoms with van der Waals surface area (Å²) in [5, 5.41) is 6.15. The summed E-state index contributed by atoms with van der Waals surface area (Å²) >= 11 is 0. The molecule has 2 N–H and O–H groups in total. The van der Waals surface area contributed by atoms with E-state index in [-0.39, 0.29) is 5.91 Å². The van der Waals surface area contributed by atoms with Crippen molar-refractivity contribution in [2.24, 2.45) is 0 Å². The fourth-order valence-corrected chi connectivity index (χ4v) is 3.70. The lowest BCUT2D eigenvalue weighted by Crippen LogP contribution is -2.48. The number of benzene rings is 2. The molecule has 0 aromatic heterocycles. The highest BCUT2D eigenvalue weighted by Gasteiger charge is 2.23. The summed E-state index contributed by atoms with van der Waals surface area (Å²) in [4.78, 5) is 17.1. The van der Waals surface area contributed by atoms with Crippen molar-refractivity contribution in [3.63, 3.8) is 0 Å². The number of rotatable bonds is 4. The monoisotopic (exact) mass is 362 g/mol. The van der Waals surface area contributed by atoms with Gasteiger partial charge in [0.05, 0.1) is 5.57 Å². The number of nitrogens with one attached hydrogen (secondary N) is 2. The smallest absolute Gasteiger partial charge is 0.257 e. The molecule has 2 aromatic carbocycles. The Hall–Kier alpha value is -2.79. The fraction of sp³-hybridized carbons (Fsp3) is 0.318. The molecule has 140 valence electrons. The second-order valence-corrected chi connectivity index (χ2v) is 7.37. The SMILES string of the molecule is CC(C)N1CCN(c2ccc(N/C=C3/C(=O)Nc4ccccc43)cc2)CC1. The molecule has 4 rings (SSSR count). The number of hydrogen-bond acceptors (Lipinski definition) is 4. The Kier molecular flexibility index (Phi) is 4.86. The predicted octanol–water partition coefficient (Wildman–Crippen LogP) is 3.62. The zero-order valence-electron chi connectivity index (χ0n) is 15.9. The maximum absolute atomic E-state index is 12.2. The van der Waals surface area contributed by atoms with E-state index in [4.69, 9.17) is 0 Å². The Balaban J connectivity index is 1.41. The van der Waals surface area contributed by atoms with Crippen molar-refractivity contribution in [2.45, 2.75) is 19.9 Å². The van der Waals surface area contributed by atoms with Gasteiger partial charge < -0.3 is 15.5 Å². The van der Waals surface area contributed by atoms with Crippen LogP contribution in [-0.2, 0) is 4.79 Å². The first kappa shape index (κ1) is 17.6. The van der Waals surface area contributed by atoms with Crippen LogP contribution in [0.15, 0.2) is 54.7 Å². The number of hydrogen-bond donors (Lipinski definition) is 2. The molecular weight excluding hydrogens is 336 g/mol. The number of piperazine rings is 1. The molecule has 0 saturated carbocycles. The average Bonchev–Trinajstić information content (AvgIpc) is 3.02. The van der Waals surface area contributed by atoms with Crippen LogP contribution in [0.4, 0.5) is 17.1 Å². The molecule has 1 fully saturated rings. The third-order valence-electron chi connectivity index (χ3n) is 5.37. The number of nitrogens with zero attached hydrogens (tertiary/aromatic N) is 2. The van der Waals surface area contributed by atoms with E-state index in [0.29, 0.717) is 11.6 Å². The molecule has 1 amide bonds. The first-order valence-electron chi connectivity index (χ1n) is 9.58. The average molecular weight is 362 g/mol. The third-order valence-corrected chi connectivity index (χ3v) is 5.37. The summed E-state index contributed by atoms with van der Waals surface area (Å²) in [7, 11) is 0. The Labute approximate surface area is 160 Å². The Morgan fingerprint density at radius 2 is 1.70 bits per heavy atom. The normalized spacial score (nSPS) is 18.7. The maximum Gasteiger partial charge on any atom is 0.257 e. The number of carbonyl (C=O) groups is 1.